The lowest BCUT2D eigenvalue weighted by molar-refractivity contribution is -0.150. The van der Waals surface area contributed by atoms with E-state index in [4.69, 9.17) is 4.74 Å². The number of rotatable bonds is 2. The van der Waals surface area contributed by atoms with Crippen LogP contribution in [0.4, 0.5) is 30.6 Å². The molecule has 0 spiro atoms. The molecule has 0 N–H and O–H groups in total. The molecular weight excluding hydrogens is 373 g/mol. The molecule has 0 aliphatic carbocycles. The van der Waals surface area contributed by atoms with Crippen molar-refractivity contribution < 1.29 is 17.9 Å². The summed E-state index contributed by atoms with van der Waals surface area (Å²) in [4.78, 5) is 20.2. The molecule has 0 bridgehead atoms. The number of halogens is 3. The third-order valence-electron chi connectivity index (χ3n) is 5.12. The van der Waals surface area contributed by atoms with E-state index in [-0.39, 0.29) is 24.5 Å². The van der Waals surface area contributed by atoms with E-state index in [0.717, 1.165) is 10.5 Å². The van der Waals surface area contributed by atoms with Crippen LogP contribution in [0, 0.1) is 6.92 Å². The van der Waals surface area contributed by atoms with Gasteiger partial charge in [0.15, 0.2) is 0 Å². The van der Waals surface area contributed by atoms with E-state index in [1.807, 2.05) is 17.9 Å². The molecule has 28 heavy (non-hydrogen) atoms. The van der Waals surface area contributed by atoms with E-state index in [2.05, 4.69) is 4.98 Å². The van der Waals surface area contributed by atoms with Gasteiger partial charge in [-0.15, -0.1) is 0 Å². The van der Waals surface area contributed by atoms with Crippen molar-refractivity contribution in [3.63, 3.8) is 0 Å². The van der Waals surface area contributed by atoms with Crippen LogP contribution in [0.1, 0.15) is 12.0 Å². The molecule has 1 fully saturated rings. The number of anilines is 3. The summed E-state index contributed by atoms with van der Waals surface area (Å²) in [6.45, 7) is 3.88. The second kappa shape index (κ2) is 7.12. The Kier molecular flexibility index (Phi) is 4.78. The summed E-state index contributed by atoms with van der Waals surface area (Å²) in [5, 5.41) is 0. The number of aryl methyl sites for hydroxylation is 1. The summed E-state index contributed by atoms with van der Waals surface area (Å²) in [5.74, 6) is 0.424. The number of aromatic nitrogens is 2. The molecule has 1 atom stereocenters. The highest BCUT2D eigenvalue weighted by atomic mass is 19.4. The monoisotopic (exact) mass is 394 g/mol. The first-order valence-corrected chi connectivity index (χ1v) is 9.22. The fraction of sp³-hybridized carbons (Fsp3) is 0.474. The third-order valence-corrected chi connectivity index (χ3v) is 5.12. The van der Waals surface area contributed by atoms with Crippen molar-refractivity contribution >= 4 is 17.5 Å². The smallest absolute Gasteiger partial charge is 0.378 e. The number of ether oxygens (including phenoxy) is 1. The second-order valence-corrected chi connectivity index (χ2v) is 7.06. The van der Waals surface area contributed by atoms with Crippen LogP contribution in [0.2, 0.25) is 0 Å². The lowest BCUT2D eigenvalue weighted by Crippen LogP contribution is -2.50. The molecule has 3 heterocycles. The van der Waals surface area contributed by atoms with Crippen LogP contribution in [-0.2, 0) is 11.3 Å². The second-order valence-electron chi connectivity index (χ2n) is 7.06. The minimum Gasteiger partial charge on any atom is -0.378 e. The van der Waals surface area contributed by atoms with Gasteiger partial charge in [-0.05, 0) is 31.0 Å². The van der Waals surface area contributed by atoms with Crippen molar-refractivity contribution in [1.29, 1.82) is 0 Å². The molecule has 2 aliphatic heterocycles. The topological polar surface area (TPSA) is 50.6 Å². The lowest BCUT2D eigenvalue weighted by atomic mass is 10.1. The van der Waals surface area contributed by atoms with E-state index in [0.29, 0.717) is 37.8 Å². The van der Waals surface area contributed by atoms with E-state index >= 15 is 0 Å². The summed E-state index contributed by atoms with van der Waals surface area (Å²) < 4.78 is 48.2. The van der Waals surface area contributed by atoms with Gasteiger partial charge in [-0.2, -0.15) is 18.2 Å². The molecule has 1 unspecified atom stereocenters. The van der Waals surface area contributed by atoms with Gasteiger partial charge in [0.2, 0.25) is 5.95 Å². The first-order chi connectivity index (χ1) is 13.3. The maximum atomic E-state index is 13.8. The van der Waals surface area contributed by atoms with Crippen LogP contribution in [0.3, 0.4) is 0 Å². The number of alkyl halides is 3. The average Bonchev–Trinajstić information content (AvgIpc) is 2.67. The number of benzene rings is 1. The molecule has 0 radical (unpaired) electrons. The minimum absolute atomic E-state index is 0.0168. The largest absolute Gasteiger partial charge is 0.409 e. The molecule has 9 heteroatoms. The van der Waals surface area contributed by atoms with Crippen molar-refractivity contribution in [2.24, 2.45) is 0 Å². The lowest BCUT2D eigenvalue weighted by Gasteiger charge is -2.39. The van der Waals surface area contributed by atoms with Crippen molar-refractivity contribution in [3.8, 4) is 0 Å². The number of hydrogen-bond donors (Lipinski definition) is 0. The van der Waals surface area contributed by atoms with E-state index in [1.165, 1.54) is 10.6 Å². The SMILES string of the molecule is Cc1cccc(N2c3nc(N4CCOCC4)cc(=O)n3CCC2C(F)(F)F)c1. The van der Waals surface area contributed by atoms with Gasteiger partial charge in [-0.25, -0.2) is 0 Å². The number of morpholine rings is 1. The van der Waals surface area contributed by atoms with Crippen LogP contribution in [-0.4, -0.2) is 48.1 Å². The Bertz CT molecular complexity index is 922. The normalized spacial score (nSPS) is 20.2. The predicted molar refractivity (Wildman–Crippen MR) is 99.3 cm³/mol. The Balaban J connectivity index is 1.86. The Labute approximate surface area is 160 Å². The van der Waals surface area contributed by atoms with Crippen molar-refractivity contribution in [1.82, 2.24) is 9.55 Å². The number of hydrogen-bond acceptors (Lipinski definition) is 5. The molecular formula is C19H21F3N4O2. The van der Waals surface area contributed by atoms with Gasteiger partial charge in [0, 0.05) is 31.4 Å². The standard InChI is InChI=1S/C19H21F3N4O2/c1-13-3-2-4-14(11-13)26-15(19(20,21)22)5-6-25-17(27)12-16(23-18(25)26)24-7-9-28-10-8-24/h2-4,11-12,15H,5-10H2,1H3. The Morgan fingerprint density at radius 1 is 1.14 bits per heavy atom. The van der Waals surface area contributed by atoms with Gasteiger partial charge in [0.1, 0.15) is 11.9 Å². The van der Waals surface area contributed by atoms with Crippen LogP contribution in [0.25, 0.3) is 0 Å². The van der Waals surface area contributed by atoms with Gasteiger partial charge in [0.25, 0.3) is 5.56 Å². The Hall–Kier alpha value is -2.55. The van der Waals surface area contributed by atoms with E-state index in [9.17, 15) is 18.0 Å². The quantitative estimate of drug-likeness (QED) is 0.784. The Morgan fingerprint density at radius 3 is 2.57 bits per heavy atom. The summed E-state index contributed by atoms with van der Waals surface area (Å²) >= 11 is 0. The van der Waals surface area contributed by atoms with Crippen LogP contribution in [0.5, 0.6) is 0 Å². The fourth-order valence-corrected chi connectivity index (χ4v) is 3.73. The Morgan fingerprint density at radius 2 is 1.89 bits per heavy atom. The summed E-state index contributed by atoms with van der Waals surface area (Å²) in [6, 6.07) is 6.50. The van der Waals surface area contributed by atoms with Gasteiger partial charge >= 0.3 is 6.18 Å². The molecule has 4 rings (SSSR count). The first kappa shape index (κ1) is 18.8. The van der Waals surface area contributed by atoms with Crippen LogP contribution < -0.4 is 15.4 Å². The highest BCUT2D eigenvalue weighted by molar-refractivity contribution is 5.62. The molecule has 2 aliphatic rings. The van der Waals surface area contributed by atoms with E-state index < -0.39 is 12.2 Å². The van der Waals surface area contributed by atoms with Gasteiger partial charge in [0.05, 0.1) is 13.2 Å². The highest BCUT2D eigenvalue weighted by Crippen LogP contribution is 2.39. The third kappa shape index (κ3) is 3.46. The average molecular weight is 394 g/mol. The molecule has 1 aromatic carbocycles. The minimum atomic E-state index is -4.44. The zero-order chi connectivity index (χ0) is 19.9. The first-order valence-electron chi connectivity index (χ1n) is 9.22. The number of nitrogens with zero attached hydrogens (tertiary/aromatic N) is 4. The molecule has 1 saturated heterocycles. The van der Waals surface area contributed by atoms with Crippen LogP contribution >= 0.6 is 0 Å². The van der Waals surface area contributed by atoms with Crippen molar-refractivity contribution in [2.75, 3.05) is 36.1 Å². The molecule has 1 aromatic heterocycles. The van der Waals surface area contributed by atoms with Gasteiger partial charge in [-0.3, -0.25) is 14.3 Å². The maximum Gasteiger partial charge on any atom is 0.409 e. The summed E-state index contributed by atoms with van der Waals surface area (Å²) in [5.41, 5.74) is 0.869. The molecule has 6 nitrogen and oxygen atoms in total. The molecule has 0 saturated carbocycles. The maximum absolute atomic E-state index is 13.8. The van der Waals surface area contributed by atoms with E-state index in [1.54, 1.807) is 18.2 Å². The summed E-state index contributed by atoms with van der Waals surface area (Å²) in [6.07, 6.45) is -4.65. The van der Waals surface area contributed by atoms with Gasteiger partial charge in [-0.1, -0.05) is 12.1 Å². The predicted octanol–water partition coefficient (Wildman–Crippen LogP) is 2.86. The van der Waals surface area contributed by atoms with Crippen molar-refractivity contribution in [3.05, 3.63) is 46.2 Å². The highest BCUT2D eigenvalue weighted by Gasteiger charge is 2.47. The van der Waals surface area contributed by atoms with Crippen LogP contribution in [0.15, 0.2) is 35.1 Å². The van der Waals surface area contributed by atoms with Crippen molar-refractivity contribution in [2.45, 2.75) is 32.1 Å². The summed E-state index contributed by atoms with van der Waals surface area (Å²) in [7, 11) is 0. The molecule has 150 valence electrons. The van der Waals surface area contributed by atoms with Gasteiger partial charge < -0.3 is 9.64 Å². The molecule has 0 amide bonds. The fourth-order valence-electron chi connectivity index (χ4n) is 3.73. The zero-order valence-corrected chi connectivity index (χ0v) is 15.4. The molecule has 2 aromatic rings. The zero-order valence-electron chi connectivity index (χ0n) is 15.4. The number of fused-ring (bicyclic) bond motifs is 1.